The number of H-pyrrole nitrogens is 1. The summed E-state index contributed by atoms with van der Waals surface area (Å²) >= 11 is 3.20. The van der Waals surface area contributed by atoms with Gasteiger partial charge in [-0.05, 0) is 30.7 Å². The fraction of sp³-hybridized carbons (Fsp3) is 0.286. The largest absolute Gasteiger partial charge is 0.507 e. The zero-order valence-corrected chi connectivity index (χ0v) is 18.1. The first kappa shape index (κ1) is 21.8. The smallest absolute Gasteiger partial charge is 0.306 e. The van der Waals surface area contributed by atoms with Crippen LogP contribution in [0.5, 0.6) is 5.75 Å². The van der Waals surface area contributed by atoms with Gasteiger partial charge >= 0.3 is 5.97 Å². The van der Waals surface area contributed by atoms with Gasteiger partial charge in [0.15, 0.2) is 0 Å². The van der Waals surface area contributed by atoms with Crippen molar-refractivity contribution in [3.8, 4) is 5.75 Å². The molecule has 2 N–H and O–H groups in total. The minimum Gasteiger partial charge on any atom is -0.507 e. The van der Waals surface area contributed by atoms with Crippen LogP contribution in [-0.4, -0.2) is 32.7 Å². The molecule has 0 radical (unpaired) electrons. The molecule has 3 rings (SSSR count). The Kier molecular flexibility index (Phi) is 6.71. The predicted molar refractivity (Wildman–Crippen MR) is 112 cm³/mol. The first-order valence-corrected chi connectivity index (χ1v) is 10.0. The summed E-state index contributed by atoms with van der Waals surface area (Å²) in [4.78, 5) is 32.3. The minimum atomic E-state index is -1.00. The Balaban J connectivity index is 2.11. The lowest BCUT2D eigenvalue weighted by molar-refractivity contribution is -0.140. The maximum atomic E-state index is 14.7. The van der Waals surface area contributed by atoms with E-state index in [1.54, 1.807) is 25.5 Å². The third-order valence-corrected chi connectivity index (χ3v) is 5.46. The van der Waals surface area contributed by atoms with E-state index >= 15 is 0 Å². The number of ether oxygens (including phenoxy) is 1. The molecule has 1 atom stereocenters. The molecule has 0 amide bonds. The molecule has 30 heavy (non-hydrogen) atoms. The molecule has 1 aromatic carbocycles. The summed E-state index contributed by atoms with van der Waals surface area (Å²) in [6.45, 7) is 2.03. The molecule has 2 aromatic heterocycles. The Labute approximate surface area is 180 Å². The van der Waals surface area contributed by atoms with Crippen LogP contribution >= 0.6 is 15.9 Å². The second-order valence-electron chi connectivity index (χ2n) is 6.87. The van der Waals surface area contributed by atoms with Gasteiger partial charge in [-0.3, -0.25) is 9.59 Å². The van der Waals surface area contributed by atoms with Crippen molar-refractivity contribution in [2.45, 2.75) is 32.2 Å². The number of methoxy groups -OCH3 is 1. The van der Waals surface area contributed by atoms with Crippen LogP contribution in [-0.2, 0) is 22.5 Å². The summed E-state index contributed by atoms with van der Waals surface area (Å²) in [7, 11) is 1.22. The zero-order chi connectivity index (χ0) is 21.8. The normalized spacial score (nSPS) is 12.0. The van der Waals surface area contributed by atoms with E-state index in [0.29, 0.717) is 23.1 Å². The molecule has 0 spiro atoms. The minimum absolute atomic E-state index is 0.0446. The summed E-state index contributed by atoms with van der Waals surface area (Å²) in [5, 5.41) is 10.6. The molecule has 0 aliphatic carbocycles. The first-order valence-electron chi connectivity index (χ1n) is 9.24. The van der Waals surface area contributed by atoms with Crippen molar-refractivity contribution in [2.75, 3.05) is 7.11 Å². The van der Waals surface area contributed by atoms with Crippen LogP contribution < -0.4 is 5.56 Å². The number of nitrogens with zero attached hydrogens (tertiary/aromatic N) is 2. The number of hydrogen-bond acceptors (Lipinski definition) is 5. The van der Waals surface area contributed by atoms with Crippen LogP contribution in [0.15, 0.2) is 46.1 Å². The summed E-state index contributed by atoms with van der Waals surface area (Å²) in [5.74, 6) is -2.50. The first-order chi connectivity index (χ1) is 14.3. The van der Waals surface area contributed by atoms with Crippen molar-refractivity contribution in [2.24, 2.45) is 0 Å². The summed E-state index contributed by atoms with van der Waals surface area (Å²) < 4.78 is 21.5. The molecule has 9 heteroatoms. The van der Waals surface area contributed by atoms with Crippen molar-refractivity contribution >= 4 is 21.9 Å². The molecule has 0 bridgehead atoms. The second kappa shape index (κ2) is 9.25. The number of aromatic amines is 1. The predicted octanol–water partition coefficient (Wildman–Crippen LogP) is 3.42. The van der Waals surface area contributed by atoms with Gasteiger partial charge < -0.3 is 19.4 Å². The Morgan fingerprint density at radius 2 is 2.17 bits per heavy atom. The van der Waals surface area contributed by atoms with Crippen molar-refractivity contribution in [1.29, 1.82) is 0 Å². The summed E-state index contributed by atoms with van der Waals surface area (Å²) in [5.41, 5.74) is 0.995. The highest BCUT2D eigenvalue weighted by atomic mass is 79.9. The number of imidazole rings is 1. The SMILES string of the molecule is COC(=O)CC(c1ccc(Br)cc1F)c1c(O)cc(C)n(CCc2cnc[nH]2)c1=O. The summed E-state index contributed by atoms with van der Waals surface area (Å²) in [6, 6.07) is 5.80. The molecular weight excluding hydrogens is 457 g/mol. The Morgan fingerprint density at radius 3 is 2.80 bits per heavy atom. The van der Waals surface area contributed by atoms with Gasteiger partial charge in [-0.2, -0.15) is 0 Å². The molecule has 0 fully saturated rings. The lowest BCUT2D eigenvalue weighted by Crippen LogP contribution is -2.29. The van der Waals surface area contributed by atoms with Gasteiger partial charge in [0.1, 0.15) is 11.6 Å². The Morgan fingerprint density at radius 1 is 1.40 bits per heavy atom. The van der Waals surface area contributed by atoms with E-state index in [2.05, 4.69) is 25.9 Å². The van der Waals surface area contributed by atoms with E-state index in [1.807, 2.05) is 0 Å². The molecule has 7 nitrogen and oxygen atoms in total. The van der Waals surface area contributed by atoms with E-state index in [1.165, 1.54) is 29.9 Å². The van der Waals surface area contributed by atoms with E-state index < -0.39 is 23.3 Å². The molecule has 2 heterocycles. The van der Waals surface area contributed by atoms with E-state index in [9.17, 15) is 19.1 Å². The summed E-state index contributed by atoms with van der Waals surface area (Å²) in [6.07, 6.45) is 3.44. The number of carbonyl (C=O) groups is 1. The number of aromatic hydroxyl groups is 1. The van der Waals surface area contributed by atoms with Crippen LogP contribution in [0.3, 0.4) is 0 Å². The van der Waals surface area contributed by atoms with Gasteiger partial charge in [0, 0.05) is 40.9 Å². The van der Waals surface area contributed by atoms with Crippen LogP contribution in [0.1, 0.15) is 34.9 Å². The van der Waals surface area contributed by atoms with Gasteiger partial charge in [-0.15, -0.1) is 0 Å². The highest BCUT2D eigenvalue weighted by molar-refractivity contribution is 9.10. The van der Waals surface area contributed by atoms with Crippen LogP contribution in [0.2, 0.25) is 0 Å². The Bertz CT molecular complexity index is 1110. The van der Waals surface area contributed by atoms with E-state index in [4.69, 9.17) is 4.74 Å². The van der Waals surface area contributed by atoms with Gasteiger partial charge in [-0.1, -0.05) is 22.0 Å². The van der Waals surface area contributed by atoms with Crippen molar-refractivity contribution in [3.05, 3.63) is 79.9 Å². The molecular formula is C21H21BrFN3O4. The van der Waals surface area contributed by atoms with Gasteiger partial charge in [0.05, 0.1) is 25.4 Å². The number of esters is 1. The molecule has 0 saturated carbocycles. The lowest BCUT2D eigenvalue weighted by atomic mass is 9.88. The molecule has 0 saturated heterocycles. The number of pyridine rings is 1. The third-order valence-electron chi connectivity index (χ3n) is 4.97. The van der Waals surface area contributed by atoms with E-state index in [-0.39, 0.29) is 23.3 Å². The maximum absolute atomic E-state index is 14.7. The highest BCUT2D eigenvalue weighted by Crippen LogP contribution is 2.34. The number of aryl methyl sites for hydroxylation is 2. The number of nitrogens with one attached hydrogen (secondary N) is 1. The van der Waals surface area contributed by atoms with Crippen LogP contribution in [0, 0.1) is 12.7 Å². The van der Waals surface area contributed by atoms with Crippen LogP contribution in [0.4, 0.5) is 4.39 Å². The average Bonchev–Trinajstić information content (AvgIpc) is 3.20. The number of hydrogen-bond donors (Lipinski definition) is 2. The van der Waals surface area contributed by atoms with E-state index in [0.717, 1.165) is 5.69 Å². The maximum Gasteiger partial charge on any atom is 0.306 e. The van der Waals surface area contributed by atoms with Gasteiger partial charge in [-0.25, -0.2) is 9.37 Å². The van der Waals surface area contributed by atoms with Gasteiger partial charge in [0.25, 0.3) is 5.56 Å². The number of rotatable bonds is 7. The Hall–Kier alpha value is -2.94. The fourth-order valence-corrected chi connectivity index (χ4v) is 3.76. The molecule has 0 aliphatic rings. The number of benzene rings is 1. The van der Waals surface area contributed by atoms with Crippen molar-refractivity contribution in [1.82, 2.24) is 14.5 Å². The molecule has 158 valence electrons. The highest BCUT2D eigenvalue weighted by Gasteiger charge is 2.28. The number of aromatic nitrogens is 3. The standard InChI is InChI=1S/C21H21BrFN3O4/c1-12-7-18(27)20(21(29)26(12)6-5-14-10-24-11-25-14)16(9-19(28)30-2)15-4-3-13(22)8-17(15)23/h3-4,7-8,10-11,16,27H,5-6,9H2,1-2H3,(H,24,25). The van der Waals surface area contributed by atoms with Crippen LogP contribution in [0.25, 0.3) is 0 Å². The van der Waals surface area contributed by atoms with Crippen molar-refractivity contribution < 1.29 is 19.0 Å². The third kappa shape index (κ3) is 4.62. The number of carbonyl (C=O) groups excluding carboxylic acids is 1. The zero-order valence-electron chi connectivity index (χ0n) is 16.5. The van der Waals surface area contributed by atoms with Gasteiger partial charge in [0.2, 0.25) is 0 Å². The molecule has 3 aromatic rings. The van der Waals surface area contributed by atoms with Crippen molar-refractivity contribution in [3.63, 3.8) is 0 Å². The quantitative estimate of drug-likeness (QED) is 0.508. The lowest BCUT2D eigenvalue weighted by Gasteiger charge is -2.21. The topological polar surface area (TPSA) is 97.2 Å². The average molecular weight is 478 g/mol. The monoisotopic (exact) mass is 477 g/mol. The molecule has 0 aliphatic heterocycles. The fourth-order valence-electron chi connectivity index (χ4n) is 3.43. The number of halogens is 2. The molecule has 1 unspecified atom stereocenters. The second-order valence-corrected chi connectivity index (χ2v) is 7.78.